The van der Waals surface area contributed by atoms with Gasteiger partial charge in [-0.2, -0.15) is 0 Å². The molecule has 10 heteroatoms. The Labute approximate surface area is 276 Å². The minimum atomic E-state index is -1.00. The van der Waals surface area contributed by atoms with E-state index in [0.29, 0.717) is 48.3 Å². The van der Waals surface area contributed by atoms with E-state index in [9.17, 15) is 29.4 Å². The molecular weight excluding hydrogens is 689 g/mol. The molecule has 238 valence electrons. The molecule has 0 saturated heterocycles. The molecule has 0 amide bonds. The zero-order valence-electron chi connectivity index (χ0n) is 26.2. The van der Waals surface area contributed by atoms with Gasteiger partial charge >= 0.3 is 11.9 Å². The summed E-state index contributed by atoms with van der Waals surface area (Å²) in [4.78, 5) is 52.9. The minimum Gasteiger partial charge on any atom is -0.493 e. The smallest absolute Gasteiger partial charge is 0.335 e. The van der Waals surface area contributed by atoms with E-state index in [4.69, 9.17) is 9.47 Å². The molecule has 0 unspecified atom stereocenters. The second-order valence-corrected chi connectivity index (χ2v) is 14.8. The Morgan fingerprint density at radius 1 is 0.911 bits per heavy atom. The van der Waals surface area contributed by atoms with Crippen LogP contribution in [0.25, 0.3) is 0 Å². The van der Waals surface area contributed by atoms with E-state index in [1.165, 1.54) is 19.2 Å². The quantitative estimate of drug-likeness (QED) is 0.270. The lowest BCUT2D eigenvalue weighted by atomic mass is 9.63. The number of halogens is 1. The molecule has 2 aromatic carbocycles. The van der Waals surface area contributed by atoms with Crippen molar-refractivity contribution in [3.05, 3.63) is 79.2 Å². The van der Waals surface area contributed by atoms with Gasteiger partial charge in [0.1, 0.15) is 6.61 Å². The van der Waals surface area contributed by atoms with Gasteiger partial charge in [0.25, 0.3) is 0 Å². The number of rotatable bonds is 9. The van der Waals surface area contributed by atoms with Crippen molar-refractivity contribution in [2.45, 2.75) is 72.3 Å². The van der Waals surface area contributed by atoms with Gasteiger partial charge in [-0.05, 0) is 81.7 Å². The highest BCUT2D eigenvalue weighted by Gasteiger charge is 2.49. The average molecular weight is 728 g/mol. The zero-order chi connectivity index (χ0) is 32.8. The molecule has 2 aromatic rings. The van der Waals surface area contributed by atoms with Gasteiger partial charge in [-0.1, -0.05) is 39.8 Å². The number of allylic oxidation sites excluding steroid dienone is 4. The summed E-state index contributed by atoms with van der Waals surface area (Å²) in [5.41, 5.74) is 3.83. The van der Waals surface area contributed by atoms with Crippen LogP contribution >= 0.6 is 22.6 Å². The molecule has 5 rings (SSSR count). The van der Waals surface area contributed by atoms with Gasteiger partial charge in [0.05, 0.1) is 22.7 Å². The number of ether oxygens (including phenoxy) is 2. The number of ketones is 2. The number of hydrogen-bond donors (Lipinski definition) is 2. The second-order valence-electron chi connectivity index (χ2n) is 13.7. The Kier molecular flexibility index (Phi) is 8.91. The number of carboxylic acid groups (broad SMARTS) is 2. The van der Waals surface area contributed by atoms with Gasteiger partial charge in [0, 0.05) is 47.8 Å². The number of carbonyl (C=O) groups is 4. The number of carbonyl (C=O) groups excluding carboxylic acids is 2. The van der Waals surface area contributed by atoms with Crippen LogP contribution in [0.4, 0.5) is 0 Å². The van der Waals surface area contributed by atoms with Crippen molar-refractivity contribution in [3.8, 4) is 11.5 Å². The van der Waals surface area contributed by atoms with E-state index in [1.54, 1.807) is 12.1 Å². The van der Waals surface area contributed by atoms with E-state index in [-0.39, 0.29) is 47.5 Å². The van der Waals surface area contributed by atoms with Crippen molar-refractivity contribution in [1.82, 2.24) is 4.90 Å². The predicted octanol–water partition coefficient (Wildman–Crippen LogP) is 6.74. The van der Waals surface area contributed by atoms with Gasteiger partial charge in [-0.15, -0.1) is 0 Å². The first-order valence-corrected chi connectivity index (χ1v) is 16.0. The maximum absolute atomic E-state index is 14.0. The van der Waals surface area contributed by atoms with Crippen molar-refractivity contribution >= 4 is 46.1 Å². The molecular formula is C35H38INO8. The Bertz CT molecular complexity index is 1600. The molecule has 0 radical (unpaired) electrons. The molecule has 0 atom stereocenters. The normalized spacial score (nSPS) is 19.3. The van der Waals surface area contributed by atoms with Gasteiger partial charge in [-0.3, -0.25) is 14.4 Å². The number of carboxylic acids is 2. The van der Waals surface area contributed by atoms with Crippen LogP contribution < -0.4 is 9.47 Å². The number of methoxy groups -OCH3 is 1. The van der Waals surface area contributed by atoms with E-state index in [2.05, 4.69) is 22.6 Å². The van der Waals surface area contributed by atoms with E-state index >= 15 is 0 Å². The molecule has 2 aliphatic carbocycles. The number of aliphatic carboxylic acids is 1. The summed E-state index contributed by atoms with van der Waals surface area (Å²) in [7, 11) is 1.54. The molecule has 0 bridgehead atoms. The van der Waals surface area contributed by atoms with Crippen LogP contribution in [0, 0.1) is 14.4 Å². The summed E-state index contributed by atoms with van der Waals surface area (Å²) < 4.78 is 12.7. The molecule has 1 heterocycles. The highest BCUT2D eigenvalue weighted by molar-refractivity contribution is 14.1. The summed E-state index contributed by atoms with van der Waals surface area (Å²) in [6.45, 7) is 8.56. The first-order chi connectivity index (χ1) is 21.1. The summed E-state index contributed by atoms with van der Waals surface area (Å²) in [6, 6.07) is 10.2. The fourth-order valence-electron chi connectivity index (χ4n) is 6.80. The number of hydrogen-bond acceptors (Lipinski definition) is 7. The van der Waals surface area contributed by atoms with Gasteiger partial charge in [-0.25, -0.2) is 4.79 Å². The van der Waals surface area contributed by atoms with Crippen molar-refractivity contribution in [3.63, 3.8) is 0 Å². The van der Waals surface area contributed by atoms with Crippen LogP contribution in [-0.2, 0) is 21.0 Å². The topological polar surface area (TPSA) is 130 Å². The lowest BCUT2D eigenvalue weighted by Gasteiger charge is -2.49. The number of aromatic carboxylic acids is 1. The molecule has 9 nitrogen and oxygen atoms in total. The molecule has 0 aromatic heterocycles. The second kappa shape index (κ2) is 12.3. The third kappa shape index (κ3) is 6.66. The fraction of sp³-hybridized carbons (Fsp3) is 0.429. The summed E-state index contributed by atoms with van der Waals surface area (Å²) in [5.74, 6) is -1.66. The molecule has 3 aliphatic rings. The Morgan fingerprint density at radius 2 is 1.47 bits per heavy atom. The maximum atomic E-state index is 14.0. The number of nitrogens with zero attached hydrogens (tertiary/aromatic N) is 1. The molecule has 2 N–H and O–H groups in total. The number of Topliss-reactive ketones (excluding diaryl/α,β-unsaturated/α-hetero) is 2. The molecule has 0 fully saturated rings. The summed E-state index contributed by atoms with van der Waals surface area (Å²) >= 11 is 2.17. The SMILES string of the molecule is COc1cc(C2C3=C(CC(C)(C)CC3=O)N(CCC(=O)O)C3=C2C(=O)CC(C)(C)C3)cc(I)c1OCc1ccc(C(=O)O)cc1. The fourth-order valence-corrected chi connectivity index (χ4v) is 7.59. The summed E-state index contributed by atoms with van der Waals surface area (Å²) in [5, 5.41) is 18.8. The third-order valence-corrected chi connectivity index (χ3v) is 9.54. The minimum absolute atomic E-state index is 0.0325. The van der Waals surface area contributed by atoms with Crippen molar-refractivity contribution < 1.29 is 38.9 Å². The Morgan fingerprint density at radius 3 is 1.96 bits per heavy atom. The molecule has 0 saturated carbocycles. The molecule has 0 spiro atoms. The van der Waals surface area contributed by atoms with Crippen LogP contribution in [0.2, 0.25) is 0 Å². The number of benzene rings is 2. The largest absolute Gasteiger partial charge is 0.493 e. The highest BCUT2D eigenvalue weighted by atomic mass is 127. The monoisotopic (exact) mass is 727 g/mol. The van der Waals surface area contributed by atoms with Crippen LogP contribution in [0.5, 0.6) is 11.5 Å². The summed E-state index contributed by atoms with van der Waals surface area (Å²) in [6.07, 6.45) is 1.72. The van der Waals surface area contributed by atoms with Crippen LogP contribution in [0.15, 0.2) is 58.9 Å². The lowest BCUT2D eigenvalue weighted by molar-refractivity contribution is -0.137. The van der Waals surface area contributed by atoms with Crippen LogP contribution in [0.3, 0.4) is 0 Å². The Balaban J connectivity index is 1.62. The van der Waals surface area contributed by atoms with E-state index < -0.39 is 17.9 Å². The first-order valence-electron chi connectivity index (χ1n) is 14.9. The standard InChI is InChI=1S/C35H38INO8/c1-34(2)14-23-30(25(38)16-34)29(31-24(37(23)11-10-28(40)41)15-35(3,4)17-26(31)39)21-12-22(36)32(27(13-21)44-5)45-18-19-6-8-20(9-7-19)33(42)43/h6-9,12-13,29H,10-11,14-18H2,1-5H3,(H,40,41)(H,42,43). The molecule has 1 aliphatic heterocycles. The van der Waals surface area contributed by atoms with E-state index in [1.807, 2.05) is 44.7 Å². The maximum Gasteiger partial charge on any atom is 0.335 e. The third-order valence-electron chi connectivity index (χ3n) is 8.74. The van der Waals surface area contributed by atoms with Crippen molar-refractivity contribution in [2.24, 2.45) is 10.8 Å². The van der Waals surface area contributed by atoms with Crippen LogP contribution in [0.1, 0.15) is 87.2 Å². The van der Waals surface area contributed by atoms with Crippen molar-refractivity contribution in [1.29, 1.82) is 0 Å². The van der Waals surface area contributed by atoms with E-state index in [0.717, 1.165) is 26.1 Å². The zero-order valence-corrected chi connectivity index (χ0v) is 28.3. The highest BCUT2D eigenvalue weighted by Crippen LogP contribution is 2.55. The Hall–Kier alpha value is -3.67. The van der Waals surface area contributed by atoms with Gasteiger partial charge in [0.15, 0.2) is 23.1 Å². The van der Waals surface area contributed by atoms with Crippen LogP contribution in [-0.4, -0.2) is 52.3 Å². The predicted molar refractivity (Wildman–Crippen MR) is 175 cm³/mol. The van der Waals surface area contributed by atoms with Gasteiger partial charge < -0.3 is 24.6 Å². The van der Waals surface area contributed by atoms with Gasteiger partial charge in [0.2, 0.25) is 0 Å². The average Bonchev–Trinajstić information content (AvgIpc) is 2.93. The molecule has 45 heavy (non-hydrogen) atoms. The lowest BCUT2D eigenvalue weighted by Crippen LogP contribution is -2.45. The first kappa shape index (κ1) is 32.7. The van der Waals surface area contributed by atoms with Crippen molar-refractivity contribution in [2.75, 3.05) is 13.7 Å².